The lowest BCUT2D eigenvalue weighted by molar-refractivity contribution is 0.474. The van der Waals surface area contributed by atoms with Crippen LogP contribution in [0, 0.1) is 0 Å². The van der Waals surface area contributed by atoms with E-state index in [9.17, 15) is 0 Å². The topological polar surface area (TPSA) is 66.2 Å². The molecule has 154 valence electrons. The van der Waals surface area contributed by atoms with Crippen molar-refractivity contribution < 1.29 is 10.2 Å². The number of benzene rings is 2. The van der Waals surface area contributed by atoms with Gasteiger partial charge in [0.05, 0.1) is 0 Å². The van der Waals surface area contributed by atoms with E-state index in [0.29, 0.717) is 0 Å². The van der Waals surface area contributed by atoms with Gasteiger partial charge in [-0.3, -0.25) is 9.97 Å². The number of hydrogen-bond donors (Lipinski definition) is 2. The minimum atomic E-state index is 0.260. The zero-order valence-electron chi connectivity index (χ0n) is 15.4. The van der Waals surface area contributed by atoms with Gasteiger partial charge < -0.3 is 10.2 Å². The van der Waals surface area contributed by atoms with E-state index in [0.717, 1.165) is 17.9 Å². The Labute approximate surface area is 208 Å². The standard InChI is InChI=1S/C10H8N2.2C6H4Br2O/c1-5-11-6-2-9(1)10-3-7-12-8-4-10;2*7-4-1-5(8)3-6(9)2-4/h1-8H;2*1-3,9H. The van der Waals surface area contributed by atoms with Gasteiger partial charge in [0.1, 0.15) is 11.5 Å². The zero-order valence-corrected chi connectivity index (χ0v) is 21.7. The van der Waals surface area contributed by atoms with Crippen molar-refractivity contribution in [3.05, 3.63) is 103 Å². The molecule has 0 spiro atoms. The van der Waals surface area contributed by atoms with Crippen molar-refractivity contribution >= 4 is 63.7 Å². The largest absolute Gasteiger partial charge is 0.508 e. The third-order valence-corrected chi connectivity index (χ3v) is 5.22. The molecule has 0 unspecified atom stereocenters. The van der Waals surface area contributed by atoms with E-state index in [-0.39, 0.29) is 11.5 Å². The predicted octanol–water partition coefficient (Wildman–Crippen LogP) is 7.98. The Bertz CT molecular complexity index is 877. The Balaban J connectivity index is 0.000000163. The van der Waals surface area contributed by atoms with Crippen molar-refractivity contribution in [2.75, 3.05) is 0 Å². The molecule has 0 aliphatic carbocycles. The molecule has 0 aliphatic heterocycles. The molecule has 0 amide bonds. The fourth-order valence-electron chi connectivity index (χ4n) is 2.17. The average Bonchev–Trinajstić information content (AvgIpc) is 2.68. The zero-order chi connectivity index (χ0) is 21.9. The van der Waals surface area contributed by atoms with Crippen LogP contribution < -0.4 is 0 Å². The van der Waals surface area contributed by atoms with E-state index in [1.165, 1.54) is 11.1 Å². The first-order chi connectivity index (χ1) is 14.3. The molecule has 0 saturated carbocycles. The quantitative estimate of drug-likeness (QED) is 0.218. The number of hydrogen-bond acceptors (Lipinski definition) is 4. The molecule has 0 bridgehead atoms. The lowest BCUT2D eigenvalue weighted by Crippen LogP contribution is -1.77. The Kier molecular flexibility index (Phi) is 10.5. The maximum atomic E-state index is 8.93. The minimum absolute atomic E-state index is 0.260. The third kappa shape index (κ3) is 9.38. The molecule has 0 saturated heterocycles. The number of phenolic OH excluding ortho intramolecular Hbond substituents is 2. The van der Waals surface area contributed by atoms with E-state index >= 15 is 0 Å². The Hall–Kier alpha value is -1.74. The van der Waals surface area contributed by atoms with Crippen molar-refractivity contribution in [3.63, 3.8) is 0 Å². The number of nitrogens with zero attached hydrogens (tertiary/aromatic N) is 2. The van der Waals surface area contributed by atoms with Gasteiger partial charge in [0.2, 0.25) is 0 Å². The lowest BCUT2D eigenvalue weighted by Gasteiger charge is -1.97. The monoisotopic (exact) mass is 656 g/mol. The lowest BCUT2D eigenvalue weighted by atomic mass is 10.1. The molecule has 0 radical (unpaired) electrons. The first kappa shape index (κ1) is 24.5. The summed E-state index contributed by atoms with van der Waals surface area (Å²) >= 11 is 12.9. The Morgan fingerprint density at radius 2 is 0.733 bits per heavy atom. The molecule has 4 aromatic rings. The summed E-state index contributed by atoms with van der Waals surface area (Å²) in [5.41, 5.74) is 2.35. The summed E-state index contributed by atoms with van der Waals surface area (Å²) in [6.07, 6.45) is 7.15. The summed E-state index contributed by atoms with van der Waals surface area (Å²) in [5.74, 6) is 0.521. The summed E-state index contributed by atoms with van der Waals surface area (Å²) in [6.45, 7) is 0. The van der Waals surface area contributed by atoms with Crippen molar-refractivity contribution in [1.82, 2.24) is 9.97 Å². The predicted molar refractivity (Wildman–Crippen MR) is 134 cm³/mol. The van der Waals surface area contributed by atoms with Gasteiger partial charge in [-0.2, -0.15) is 0 Å². The molecule has 0 atom stereocenters. The number of aromatic hydroxyl groups is 2. The SMILES string of the molecule is Oc1cc(Br)cc(Br)c1.Oc1cc(Br)cc(Br)c1.c1cc(-c2ccncc2)ccn1. The molecule has 2 aromatic heterocycles. The molecule has 2 heterocycles. The van der Waals surface area contributed by atoms with Crippen molar-refractivity contribution in [2.45, 2.75) is 0 Å². The van der Waals surface area contributed by atoms with Crippen LogP contribution in [0.1, 0.15) is 0 Å². The highest BCUT2D eigenvalue weighted by molar-refractivity contribution is 9.11. The van der Waals surface area contributed by atoms with Gasteiger partial charge >= 0.3 is 0 Å². The molecule has 4 nitrogen and oxygen atoms in total. The van der Waals surface area contributed by atoms with Gasteiger partial charge in [-0.05, 0) is 71.8 Å². The minimum Gasteiger partial charge on any atom is -0.508 e. The van der Waals surface area contributed by atoms with Crippen LogP contribution in [-0.2, 0) is 0 Å². The number of aromatic nitrogens is 2. The second-order valence-corrected chi connectivity index (χ2v) is 9.39. The maximum absolute atomic E-state index is 8.93. The summed E-state index contributed by atoms with van der Waals surface area (Å²) in [5, 5.41) is 17.9. The number of rotatable bonds is 1. The van der Waals surface area contributed by atoms with E-state index in [1.54, 1.807) is 49.1 Å². The fourth-order valence-corrected chi connectivity index (χ4v) is 4.71. The van der Waals surface area contributed by atoms with Crippen LogP contribution in [-0.4, -0.2) is 20.2 Å². The van der Waals surface area contributed by atoms with E-state index < -0.39 is 0 Å². The fraction of sp³-hybridized carbons (Fsp3) is 0. The molecular weight excluding hydrogens is 644 g/mol. The molecular formula is C22H16Br4N2O2. The van der Waals surface area contributed by atoms with Gasteiger partial charge in [-0.1, -0.05) is 63.7 Å². The highest BCUT2D eigenvalue weighted by Gasteiger charge is 1.94. The first-order valence-electron chi connectivity index (χ1n) is 8.44. The molecule has 0 aliphatic rings. The summed E-state index contributed by atoms with van der Waals surface area (Å²) < 4.78 is 3.48. The van der Waals surface area contributed by atoms with Gasteiger partial charge in [-0.15, -0.1) is 0 Å². The number of halogens is 4. The molecule has 2 aromatic carbocycles. The van der Waals surface area contributed by atoms with E-state index in [1.807, 2.05) is 36.4 Å². The highest BCUT2D eigenvalue weighted by atomic mass is 79.9. The van der Waals surface area contributed by atoms with Crippen molar-refractivity contribution in [1.29, 1.82) is 0 Å². The molecule has 2 N–H and O–H groups in total. The van der Waals surface area contributed by atoms with Crippen LogP contribution in [0.15, 0.2) is 103 Å². The summed E-state index contributed by atoms with van der Waals surface area (Å²) in [6, 6.07) is 18.2. The number of pyridine rings is 2. The van der Waals surface area contributed by atoms with Crippen LogP contribution in [0.3, 0.4) is 0 Å². The van der Waals surface area contributed by atoms with Gasteiger partial charge in [0, 0.05) is 42.7 Å². The van der Waals surface area contributed by atoms with Crippen LogP contribution in [0.2, 0.25) is 0 Å². The molecule has 0 fully saturated rings. The van der Waals surface area contributed by atoms with Crippen LogP contribution >= 0.6 is 63.7 Å². The second-order valence-electron chi connectivity index (χ2n) is 5.73. The first-order valence-corrected chi connectivity index (χ1v) is 11.6. The van der Waals surface area contributed by atoms with Crippen LogP contribution in [0.5, 0.6) is 11.5 Å². The maximum Gasteiger partial charge on any atom is 0.117 e. The van der Waals surface area contributed by atoms with Crippen molar-refractivity contribution in [2.24, 2.45) is 0 Å². The highest BCUT2D eigenvalue weighted by Crippen LogP contribution is 2.24. The van der Waals surface area contributed by atoms with E-state index in [2.05, 4.69) is 73.7 Å². The van der Waals surface area contributed by atoms with Crippen LogP contribution in [0.25, 0.3) is 11.1 Å². The molecule has 30 heavy (non-hydrogen) atoms. The Morgan fingerprint density at radius 1 is 0.467 bits per heavy atom. The Morgan fingerprint density at radius 3 is 0.967 bits per heavy atom. The third-order valence-electron chi connectivity index (χ3n) is 3.39. The molecule has 8 heteroatoms. The average molecular weight is 660 g/mol. The van der Waals surface area contributed by atoms with Gasteiger partial charge in [0.15, 0.2) is 0 Å². The second kappa shape index (κ2) is 12.8. The summed E-state index contributed by atoms with van der Waals surface area (Å²) in [4.78, 5) is 7.91. The van der Waals surface area contributed by atoms with Gasteiger partial charge in [0.25, 0.3) is 0 Å². The van der Waals surface area contributed by atoms with Gasteiger partial charge in [-0.25, -0.2) is 0 Å². The van der Waals surface area contributed by atoms with Crippen LogP contribution in [0.4, 0.5) is 0 Å². The van der Waals surface area contributed by atoms with E-state index in [4.69, 9.17) is 10.2 Å². The number of phenols is 2. The molecule has 4 rings (SSSR count). The normalized spacial score (nSPS) is 9.60. The summed E-state index contributed by atoms with van der Waals surface area (Å²) in [7, 11) is 0. The van der Waals surface area contributed by atoms with Crippen molar-refractivity contribution in [3.8, 4) is 22.6 Å². The smallest absolute Gasteiger partial charge is 0.117 e.